The van der Waals surface area contributed by atoms with Crippen LogP contribution in [-0.4, -0.2) is 35.4 Å². The van der Waals surface area contributed by atoms with Crippen LogP contribution in [0.4, 0.5) is 0 Å². The maximum absolute atomic E-state index is 13.3. The van der Waals surface area contributed by atoms with E-state index in [1.165, 1.54) is 5.56 Å². The van der Waals surface area contributed by atoms with E-state index in [9.17, 15) is 9.59 Å². The third-order valence-electron chi connectivity index (χ3n) is 5.50. The SMILES string of the molecule is CCC(C(=O)NC(C)C)N(Cc1ccccc1C)C(=O)COc1ccc(C(C)(C)C)cc1. The second-order valence-corrected chi connectivity index (χ2v) is 9.60. The van der Waals surface area contributed by atoms with Gasteiger partial charge in [0.05, 0.1) is 0 Å². The standard InChI is InChI=1S/C27H38N2O3/c1-8-24(26(31)28-19(2)3)29(17-21-12-10-9-11-20(21)4)25(30)18-32-23-15-13-22(14-16-23)27(5,6)7/h9-16,19,24H,8,17-18H2,1-7H3,(H,28,31). The zero-order valence-corrected chi connectivity index (χ0v) is 20.6. The van der Waals surface area contributed by atoms with Crippen molar-refractivity contribution in [3.05, 3.63) is 65.2 Å². The maximum atomic E-state index is 13.3. The number of aryl methyl sites for hydroxylation is 1. The molecule has 0 heterocycles. The highest BCUT2D eigenvalue weighted by Gasteiger charge is 2.29. The van der Waals surface area contributed by atoms with Gasteiger partial charge >= 0.3 is 0 Å². The van der Waals surface area contributed by atoms with Crippen molar-refractivity contribution in [1.82, 2.24) is 10.2 Å². The topological polar surface area (TPSA) is 58.6 Å². The molecule has 0 bridgehead atoms. The number of carbonyl (C=O) groups excluding carboxylic acids is 2. The van der Waals surface area contributed by atoms with Crippen molar-refractivity contribution in [3.63, 3.8) is 0 Å². The predicted molar refractivity (Wildman–Crippen MR) is 130 cm³/mol. The average molecular weight is 439 g/mol. The fraction of sp³-hybridized carbons (Fsp3) is 0.481. The fourth-order valence-corrected chi connectivity index (χ4v) is 3.55. The Kier molecular flexibility index (Phi) is 8.88. The van der Waals surface area contributed by atoms with Gasteiger partial charge in [-0.1, -0.05) is 64.1 Å². The minimum Gasteiger partial charge on any atom is -0.484 e. The van der Waals surface area contributed by atoms with Gasteiger partial charge in [-0.15, -0.1) is 0 Å². The lowest BCUT2D eigenvalue weighted by molar-refractivity contribution is -0.143. The highest BCUT2D eigenvalue weighted by atomic mass is 16.5. The molecule has 0 aliphatic heterocycles. The smallest absolute Gasteiger partial charge is 0.261 e. The first-order chi connectivity index (χ1) is 15.0. The molecule has 1 atom stereocenters. The minimum absolute atomic E-state index is 0.00421. The summed E-state index contributed by atoms with van der Waals surface area (Å²) in [7, 11) is 0. The number of ether oxygens (including phenoxy) is 1. The van der Waals surface area contributed by atoms with Crippen molar-refractivity contribution in [3.8, 4) is 5.75 Å². The van der Waals surface area contributed by atoms with Gasteiger partial charge in [-0.3, -0.25) is 9.59 Å². The van der Waals surface area contributed by atoms with Crippen molar-refractivity contribution in [2.75, 3.05) is 6.61 Å². The summed E-state index contributed by atoms with van der Waals surface area (Å²) in [6.07, 6.45) is 0.524. The van der Waals surface area contributed by atoms with Gasteiger partial charge in [-0.2, -0.15) is 0 Å². The van der Waals surface area contributed by atoms with Gasteiger partial charge in [-0.25, -0.2) is 0 Å². The number of benzene rings is 2. The molecule has 0 radical (unpaired) electrons. The minimum atomic E-state index is -0.559. The largest absolute Gasteiger partial charge is 0.484 e. The molecule has 1 N–H and O–H groups in total. The van der Waals surface area contributed by atoms with Gasteiger partial charge in [0.1, 0.15) is 11.8 Å². The van der Waals surface area contributed by atoms with Crippen LogP contribution in [0.15, 0.2) is 48.5 Å². The number of rotatable bonds is 9. The molecule has 0 aliphatic rings. The van der Waals surface area contributed by atoms with E-state index in [1.807, 2.05) is 76.2 Å². The van der Waals surface area contributed by atoms with Crippen molar-refractivity contribution in [2.24, 2.45) is 0 Å². The summed E-state index contributed by atoms with van der Waals surface area (Å²) in [6.45, 7) is 14.5. The van der Waals surface area contributed by atoms with E-state index < -0.39 is 6.04 Å². The van der Waals surface area contributed by atoms with Crippen molar-refractivity contribution >= 4 is 11.8 Å². The first-order valence-electron chi connectivity index (χ1n) is 11.4. The third kappa shape index (κ3) is 7.11. The van der Waals surface area contributed by atoms with Crippen molar-refractivity contribution < 1.29 is 14.3 Å². The Morgan fingerprint density at radius 3 is 2.19 bits per heavy atom. The molecule has 0 fully saturated rings. The number of hydrogen-bond acceptors (Lipinski definition) is 3. The first-order valence-corrected chi connectivity index (χ1v) is 11.4. The lowest BCUT2D eigenvalue weighted by Gasteiger charge is -2.31. The third-order valence-corrected chi connectivity index (χ3v) is 5.50. The van der Waals surface area contributed by atoms with Gasteiger partial charge in [-0.05, 0) is 61.4 Å². The highest BCUT2D eigenvalue weighted by Crippen LogP contribution is 2.24. The molecule has 1 unspecified atom stereocenters. The molecule has 0 spiro atoms. The van der Waals surface area contributed by atoms with Crippen LogP contribution in [0.5, 0.6) is 5.75 Å². The summed E-state index contributed by atoms with van der Waals surface area (Å²) in [5.41, 5.74) is 3.36. The molecule has 2 amide bonds. The van der Waals surface area contributed by atoms with E-state index in [1.54, 1.807) is 4.90 Å². The van der Waals surface area contributed by atoms with Crippen LogP contribution >= 0.6 is 0 Å². The van der Waals surface area contributed by atoms with Crippen molar-refractivity contribution in [1.29, 1.82) is 0 Å². The number of hydrogen-bond donors (Lipinski definition) is 1. The summed E-state index contributed by atoms with van der Waals surface area (Å²) in [5.74, 6) is 0.291. The maximum Gasteiger partial charge on any atom is 0.261 e. The second-order valence-electron chi connectivity index (χ2n) is 9.60. The van der Waals surface area contributed by atoms with Gasteiger partial charge in [0.25, 0.3) is 5.91 Å². The zero-order chi connectivity index (χ0) is 23.9. The molecule has 0 aromatic heterocycles. The lowest BCUT2D eigenvalue weighted by atomic mass is 9.87. The Bertz CT molecular complexity index is 898. The molecular weight excluding hydrogens is 400 g/mol. The van der Waals surface area contributed by atoms with Gasteiger partial charge in [0.15, 0.2) is 6.61 Å². The average Bonchev–Trinajstić information content (AvgIpc) is 2.72. The molecule has 5 heteroatoms. The quantitative estimate of drug-likeness (QED) is 0.599. The van der Waals surface area contributed by atoms with Crippen molar-refractivity contribution in [2.45, 2.75) is 78.9 Å². The molecule has 5 nitrogen and oxygen atoms in total. The number of nitrogens with zero attached hydrogens (tertiary/aromatic N) is 1. The monoisotopic (exact) mass is 438 g/mol. The second kappa shape index (κ2) is 11.2. The summed E-state index contributed by atoms with van der Waals surface area (Å²) in [6, 6.07) is 15.2. The van der Waals surface area contributed by atoms with E-state index in [0.29, 0.717) is 18.7 Å². The fourth-order valence-electron chi connectivity index (χ4n) is 3.55. The number of nitrogens with one attached hydrogen (secondary N) is 1. The first kappa shape index (κ1) is 25.4. The van der Waals surface area contributed by atoms with Crippen LogP contribution < -0.4 is 10.1 Å². The van der Waals surface area contributed by atoms with Crippen LogP contribution in [0.3, 0.4) is 0 Å². The molecule has 0 saturated carbocycles. The van der Waals surface area contributed by atoms with Gasteiger partial charge in [0.2, 0.25) is 5.91 Å². The lowest BCUT2D eigenvalue weighted by Crippen LogP contribution is -2.51. The Morgan fingerprint density at radius 1 is 1.03 bits per heavy atom. The van der Waals surface area contributed by atoms with E-state index in [0.717, 1.165) is 11.1 Å². The number of amides is 2. The summed E-state index contributed by atoms with van der Waals surface area (Å²) in [5, 5.41) is 2.95. The van der Waals surface area contributed by atoms with Crippen LogP contribution in [0, 0.1) is 6.92 Å². The normalized spacial score (nSPS) is 12.4. The predicted octanol–water partition coefficient (Wildman–Crippen LogP) is 5.00. The Labute approximate surface area is 193 Å². The Morgan fingerprint density at radius 2 is 1.66 bits per heavy atom. The van der Waals surface area contributed by atoms with Gasteiger partial charge < -0.3 is 15.0 Å². The van der Waals surface area contributed by atoms with Crippen LogP contribution in [0.1, 0.15) is 64.7 Å². The summed E-state index contributed by atoms with van der Waals surface area (Å²) in [4.78, 5) is 27.8. The highest BCUT2D eigenvalue weighted by molar-refractivity contribution is 5.88. The summed E-state index contributed by atoms with van der Waals surface area (Å²) >= 11 is 0. The van der Waals surface area contributed by atoms with E-state index in [-0.39, 0.29) is 29.9 Å². The van der Waals surface area contributed by atoms with Gasteiger partial charge in [0, 0.05) is 12.6 Å². The van der Waals surface area contributed by atoms with Crippen LogP contribution in [-0.2, 0) is 21.5 Å². The zero-order valence-electron chi connectivity index (χ0n) is 20.6. The Hall–Kier alpha value is -2.82. The number of carbonyl (C=O) groups is 2. The Balaban J connectivity index is 2.20. The molecule has 2 aromatic rings. The van der Waals surface area contributed by atoms with E-state index >= 15 is 0 Å². The molecule has 174 valence electrons. The summed E-state index contributed by atoms with van der Waals surface area (Å²) < 4.78 is 5.82. The van der Waals surface area contributed by atoms with E-state index in [4.69, 9.17) is 4.74 Å². The molecule has 2 aromatic carbocycles. The molecule has 2 rings (SSSR count). The molecule has 0 saturated heterocycles. The van der Waals surface area contributed by atoms with Crippen LogP contribution in [0.2, 0.25) is 0 Å². The van der Waals surface area contributed by atoms with Crippen LogP contribution in [0.25, 0.3) is 0 Å². The van der Waals surface area contributed by atoms with E-state index in [2.05, 4.69) is 26.1 Å². The molecule has 32 heavy (non-hydrogen) atoms. The molecular formula is C27H38N2O3. The molecule has 0 aliphatic carbocycles.